The molecule has 0 aliphatic carbocycles. The van der Waals surface area contributed by atoms with Crippen LogP contribution in [0.2, 0.25) is 0 Å². The molecular weight excluding hydrogens is 388 g/mol. The molecule has 3 heterocycles. The van der Waals surface area contributed by atoms with Gasteiger partial charge in [0.05, 0.1) is 30.8 Å². The predicted octanol–water partition coefficient (Wildman–Crippen LogP) is 3.44. The number of para-hydroxylation sites is 1. The second kappa shape index (κ2) is 8.29. The number of benzene rings is 1. The highest BCUT2D eigenvalue weighted by atomic mass is 16.8. The number of nitrogens with zero attached hydrogens (tertiary/aromatic N) is 2. The van der Waals surface area contributed by atoms with Crippen LogP contribution >= 0.6 is 0 Å². The second-order valence-corrected chi connectivity index (χ2v) is 7.63. The largest absolute Gasteiger partial charge is 0.461 e. The molecule has 0 bridgehead atoms. The van der Waals surface area contributed by atoms with E-state index in [4.69, 9.17) is 28.8 Å². The Morgan fingerprint density at radius 3 is 2.87 bits per heavy atom. The number of fused-ring (bicyclic) bond motifs is 3. The van der Waals surface area contributed by atoms with E-state index in [1.54, 1.807) is 14.0 Å². The lowest BCUT2D eigenvalue weighted by atomic mass is 9.88. The Morgan fingerprint density at radius 1 is 1.33 bits per heavy atom. The summed E-state index contributed by atoms with van der Waals surface area (Å²) in [6.45, 7) is 6.16. The molecule has 0 fully saturated rings. The molecule has 8 nitrogen and oxygen atoms in total. The average molecular weight is 414 g/mol. The number of pyridine rings is 1. The molecule has 1 aromatic carbocycles. The number of carbonyl (C=O) groups is 1. The van der Waals surface area contributed by atoms with Crippen LogP contribution in [0.15, 0.2) is 35.5 Å². The summed E-state index contributed by atoms with van der Waals surface area (Å²) in [5, 5.41) is 5.05. The summed E-state index contributed by atoms with van der Waals surface area (Å²) in [5.41, 5.74) is 2.40. The minimum absolute atomic E-state index is 0.0764. The summed E-state index contributed by atoms with van der Waals surface area (Å²) in [7, 11) is 1.59. The Hall–Kier alpha value is -2.55. The Kier molecular flexibility index (Phi) is 5.73. The zero-order valence-electron chi connectivity index (χ0n) is 17.6. The molecule has 2 aromatic rings. The summed E-state index contributed by atoms with van der Waals surface area (Å²) >= 11 is 0. The number of oxime groups is 1. The number of methoxy groups -OCH3 is 1. The van der Waals surface area contributed by atoms with Crippen molar-refractivity contribution >= 4 is 22.6 Å². The minimum atomic E-state index is -1.31. The number of hydrogen-bond acceptors (Lipinski definition) is 8. The normalized spacial score (nSPS) is 25.3. The van der Waals surface area contributed by atoms with Crippen molar-refractivity contribution in [3.63, 3.8) is 0 Å². The van der Waals surface area contributed by atoms with Crippen LogP contribution in [0.4, 0.5) is 0 Å². The van der Waals surface area contributed by atoms with E-state index in [2.05, 4.69) is 5.16 Å². The monoisotopic (exact) mass is 414 g/mol. The van der Waals surface area contributed by atoms with Crippen LogP contribution in [0, 0.1) is 5.92 Å². The molecular formula is C22H26N2O6. The van der Waals surface area contributed by atoms with Gasteiger partial charge in [-0.05, 0) is 32.9 Å². The van der Waals surface area contributed by atoms with Gasteiger partial charge in [-0.2, -0.15) is 0 Å². The smallest absolute Gasteiger partial charge is 0.356 e. The van der Waals surface area contributed by atoms with Gasteiger partial charge in [0.1, 0.15) is 5.69 Å². The van der Waals surface area contributed by atoms with Crippen LogP contribution in [0.3, 0.4) is 0 Å². The van der Waals surface area contributed by atoms with Gasteiger partial charge >= 0.3 is 5.97 Å². The zero-order valence-corrected chi connectivity index (χ0v) is 17.6. The Bertz CT molecular complexity index is 975. The van der Waals surface area contributed by atoms with Gasteiger partial charge in [0.25, 0.3) is 5.79 Å². The van der Waals surface area contributed by atoms with E-state index >= 15 is 0 Å². The number of ether oxygens (including phenoxy) is 4. The molecule has 0 saturated carbocycles. The van der Waals surface area contributed by atoms with Gasteiger partial charge in [-0.3, -0.25) is 4.74 Å². The third-order valence-corrected chi connectivity index (χ3v) is 5.16. The van der Waals surface area contributed by atoms with Crippen LogP contribution in [-0.4, -0.2) is 43.1 Å². The van der Waals surface area contributed by atoms with Crippen molar-refractivity contribution in [3.8, 4) is 0 Å². The van der Waals surface area contributed by atoms with E-state index < -0.39 is 18.0 Å². The van der Waals surface area contributed by atoms with Crippen molar-refractivity contribution < 1.29 is 28.6 Å². The van der Waals surface area contributed by atoms with Crippen molar-refractivity contribution in [1.82, 2.24) is 4.98 Å². The Labute approximate surface area is 175 Å². The van der Waals surface area contributed by atoms with E-state index in [-0.39, 0.29) is 37.4 Å². The molecule has 0 N–H and O–H groups in total. The lowest BCUT2D eigenvalue weighted by Crippen LogP contribution is -2.45. The van der Waals surface area contributed by atoms with Crippen LogP contribution in [0.1, 0.15) is 44.7 Å². The average Bonchev–Trinajstić information content (AvgIpc) is 3.01. The zero-order chi connectivity index (χ0) is 21.3. The molecule has 4 rings (SSSR count). The number of esters is 1. The number of rotatable bonds is 6. The molecule has 160 valence electrons. The van der Waals surface area contributed by atoms with Crippen molar-refractivity contribution in [2.45, 2.75) is 45.4 Å². The summed E-state index contributed by atoms with van der Waals surface area (Å²) in [4.78, 5) is 23.0. The van der Waals surface area contributed by atoms with Gasteiger partial charge < -0.3 is 19.0 Å². The summed E-state index contributed by atoms with van der Waals surface area (Å²) in [6, 6.07) is 9.82. The van der Waals surface area contributed by atoms with E-state index in [0.29, 0.717) is 5.69 Å². The number of aromatic nitrogens is 1. The van der Waals surface area contributed by atoms with Crippen molar-refractivity contribution in [1.29, 1.82) is 0 Å². The molecule has 8 heteroatoms. The third-order valence-electron chi connectivity index (χ3n) is 5.16. The molecule has 2 aliphatic rings. The SMILES string of the molecule is CCOC(=O)C1=NO[C@]2(O[C@H](OC(C)C)c3cc4ccccc4nc32)C(COC)C1. The van der Waals surface area contributed by atoms with Gasteiger partial charge in [0.15, 0.2) is 12.0 Å². The maximum Gasteiger partial charge on any atom is 0.356 e. The van der Waals surface area contributed by atoms with Crippen molar-refractivity contribution in [2.75, 3.05) is 20.3 Å². The van der Waals surface area contributed by atoms with Crippen LogP contribution in [0.25, 0.3) is 10.9 Å². The summed E-state index contributed by atoms with van der Waals surface area (Å²) < 4.78 is 22.9. The fourth-order valence-electron chi connectivity index (χ4n) is 3.88. The first-order valence-electron chi connectivity index (χ1n) is 10.1. The van der Waals surface area contributed by atoms with E-state index in [1.807, 2.05) is 44.2 Å². The first-order chi connectivity index (χ1) is 14.5. The highest BCUT2D eigenvalue weighted by Crippen LogP contribution is 2.51. The minimum Gasteiger partial charge on any atom is -0.461 e. The lowest BCUT2D eigenvalue weighted by molar-refractivity contribution is -0.339. The van der Waals surface area contributed by atoms with Crippen molar-refractivity contribution in [3.05, 3.63) is 41.6 Å². The van der Waals surface area contributed by atoms with E-state index in [0.717, 1.165) is 16.5 Å². The summed E-state index contributed by atoms with van der Waals surface area (Å²) in [6.07, 6.45) is -0.474. The molecule has 3 atom stereocenters. The van der Waals surface area contributed by atoms with Crippen molar-refractivity contribution in [2.24, 2.45) is 11.1 Å². The lowest BCUT2D eigenvalue weighted by Gasteiger charge is -2.37. The number of hydrogen-bond donors (Lipinski definition) is 0. The van der Waals surface area contributed by atoms with Crippen LogP contribution in [-0.2, 0) is 34.4 Å². The topological polar surface area (TPSA) is 88.5 Å². The molecule has 0 saturated heterocycles. The molecule has 1 unspecified atom stereocenters. The van der Waals surface area contributed by atoms with Gasteiger partial charge in [0, 0.05) is 24.5 Å². The standard InChI is InChI=1S/C22H26N2O6/c1-5-27-20(25)18-11-15(12-26-4)22(30-24-18)19-16(21(29-22)28-13(2)3)10-14-8-6-7-9-17(14)23-19/h6-10,13,15,21H,5,11-12H2,1-4H3/t15?,21-,22+/m0/s1. The van der Waals surface area contributed by atoms with Crippen LogP contribution in [0.5, 0.6) is 0 Å². The van der Waals surface area contributed by atoms with Gasteiger partial charge in [-0.25, -0.2) is 9.78 Å². The molecule has 0 radical (unpaired) electrons. The second-order valence-electron chi connectivity index (χ2n) is 7.63. The number of carbonyl (C=O) groups excluding carboxylic acids is 1. The van der Waals surface area contributed by atoms with E-state index in [9.17, 15) is 4.79 Å². The molecule has 2 aliphatic heterocycles. The summed E-state index contributed by atoms with van der Waals surface area (Å²) in [5.74, 6) is -2.19. The molecule has 0 amide bonds. The van der Waals surface area contributed by atoms with E-state index in [1.165, 1.54) is 0 Å². The third kappa shape index (κ3) is 3.55. The quantitative estimate of drug-likeness (QED) is 0.669. The Morgan fingerprint density at radius 2 is 2.13 bits per heavy atom. The first-order valence-corrected chi connectivity index (χ1v) is 10.1. The van der Waals surface area contributed by atoms with Crippen LogP contribution < -0.4 is 0 Å². The van der Waals surface area contributed by atoms with Gasteiger partial charge in [-0.1, -0.05) is 23.4 Å². The predicted molar refractivity (Wildman–Crippen MR) is 109 cm³/mol. The highest BCUT2D eigenvalue weighted by Gasteiger charge is 2.58. The first kappa shape index (κ1) is 20.7. The molecule has 1 aromatic heterocycles. The fourth-order valence-corrected chi connectivity index (χ4v) is 3.88. The molecule has 1 spiro atoms. The maximum atomic E-state index is 12.2. The maximum absolute atomic E-state index is 12.2. The molecule has 30 heavy (non-hydrogen) atoms. The van der Waals surface area contributed by atoms with Gasteiger partial charge in [0.2, 0.25) is 0 Å². The van der Waals surface area contributed by atoms with Gasteiger partial charge in [-0.15, -0.1) is 0 Å². The Balaban J connectivity index is 1.82. The fraction of sp³-hybridized carbons (Fsp3) is 0.500. The highest BCUT2D eigenvalue weighted by molar-refractivity contribution is 6.36.